The molecule has 5 heteroatoms. The molecule has 1 aliphatic heterocycles. The molecule has 2 N–H and O–H groups in total. The summed E-state index contributed by atoms with van der Waals surface area (Å²) in [5, 5.41) is 11.6. The largest absolute Gasteiger partial charge is 0.480 e. The minimum atomic E-state index is -0.924. The molecule has 112 valence electrons. The van der Waals surface area contributed by atoms with Crippen molar-refractivity contribution in [1.82, 2.24) is 5.32 Å². The van der Waals surface area contributed by atoms with Crippen LogP contribution < -0.4 is 5.32 Å². The van der Waals surface area contributed by atoms with Crippen molar-refractivity contribution in [2.24, 2.45) is 5.92 Å². The van der Waals surface area contributed by atoms with Gasteiger partial charge in [-0.05, 0) is 36.3 Å². The fourth-order valence-electron chi connectivity index (χ4n) is 3.27. The first kappa shape index (κ1) is 14.6. The first-order valence-electron chi connectivity index (χ1n) is 7.32. The van der Waals surface area contributed by atoms with Crippen LogP contribution in [-0.2, 0) is 22.4 Å². The number of carboxylic acids is 1. The highest BCUT2D eigenvalue weighted by Gasteiger charge is 2.38. The molecule has 1 aromatic rings. The SMILES string of the molecule is O=C(CC1CCc2ccccc2C1)C1SCN[C@@H]1C(=O)O. The summed E-state index contributed by atoms with van der Waals surface area (Å²) < 4.78 is 0. The van der Waals surface area contributed by atoms with Gasteiger partial charge < -0.3 is 5.11 Å². The van der Waals surface area contributed by atoms with E-state index in [9.17, 15) is 9.59 Å². The Hall–Kier alpha value is -1.33. The van der Waals surface area contributed by atoms with Crippen LogP contribution in [0.1, 0.15) is 24.0 Å². The number of hydrogen-bond acceptors (Lipinski definition) is 4. The van der Waals surface area contributed by atoms with Gasteiger partial charge in [0.05, 0.1) is 5.25 Å². The van der Waals surface area contributed by atoms with E-state index in [1.807, 2.05) is 6.07 Å². The second-order valence-corrected chi connectivity index (χ2v) is 6.93. The van der Waals surface area contributed by atoms with Crippen LogP contribution in [0.25, 0.3) is 0 Å². The maximum Gasteiger partial charge on any atom is 0.322 e. The van der Waals surface area contributed by atoms with Crippen LogP contribution in [0.2, 0.25) is 0 Å². The second-order valence-electron chi connectivity index (χ2n) is 5.80. The third kappa shape index (κ3) is 3.14. The molecule has 0 radical (unpaired) electrons. The third-order valence-electron chi connectivity index (χ3n) is 4.39. The first-order chi connectivity index (χ1) is 10.1. The lowest BCUT2D eigenvalue weighted by Gasteiger charge is -2.25. The topological polar surface area (TPSA) is 66.4 Å². The molecule has 1 aromatic carbocycles. The maximum absolute atomic E-state index is 12.4. The Kier molecular flexibility index (Phi) is 4.31. The van der Waals surface area contributed by atoms with Gasteiger partial charge in [0.15, 0.2) is 0 Å². The molecule has 3 atom stereocenters. The lowest BCUT2D eigenvalue weighted by Crippen LogP contribution is -2.42. The van der Waals surface area contributed by atoms with Gasteiger partial charge in [-0.15, -0.1) is 11.8 Å². The highest BCUT2D eigenvalue weighted by molar-refractivity contribution is 8.00. The average molecular weight is 305 g/mol. The number of thioether (sulfide) groups is 1. The normalized spacial score (nSPS) is 28.1. The van der Waals surface area contributed by atoms with Crippen LogP contribution in [0.3, 0.4) is 0 Å². The van der Waals surface area contributed by atoms with Crippen molar-refractivity contribution in [2.75, 3.05) is 5.88 Å². The molecule has 0 saturated carbocycles. The minimum absolute atomic E-state index is 0.0850. The van der Waals surface area contributed by atoms with Crippen molar-refractivity contribution < 1.29 is 14.7 Å². The Bertz CT molecular complexity index is 560. The van der Waals surface area contributed by atoms with Gasteiger partial charge in [0, 0.05) is 12.3 Å². The number of ketones is 1. The Morgan fingerprint density at radius 3 is 2.81 bits per heavy atom. The van der Waals surface area contributed by atoms with Gasteiger partial charge in [0.1, 0.15) is 11.8 Å². The summed E-state index contributed by atoms with van der Waals surface area (Å²) in [6.07, 6.45) is 3.47. The molecule has 0 spiro atoms. The highest BCUT2D eigenvalue weighted by Crippen LogP contribution is 2.30. The lowest BCUT2D eigenvalue weighted by atomic mass is 9.81. The van der Waals surface area contributed by atoms with Gasteiger partial charge in [0.2, 0.25) is 0 Å². The quantitative estimate of drug-likeness (QED) is 0.889. The van der Waals surface area contributed by atoms with Crippen LogP contribution in [0.15, 0.2) is 24.3 Å². The van der Waals surface area contributed by atoms with Crippen LogP contribution in [0.4, 0.5) is 0 Å². The number of hydrogen-bond donors (Lipinski definition) is 2. The predicted octanol–water partition coefficient (Wildman–Crippen LogP) is 1.87. The molecule has 1 aliphatic carbocycles. The maximum atomic E-state index is 12.4. The van der Waals surface area contributed by atoms with Gasteiger partial charge in [-0.3, -0.25) is 14.9 Å². The zero-order valence-corrected chi connectivity index (χ0v) is 12.6. The number of carboxylic acid groups (broad SMARTS) is 1. The van der Waals surface area contributed by atoms with Crippen LogP contribution in [0, 0.1) is 5.92 Å². The van der Waals surface area contributed by atoms with Gasteiger partial charge in [-0.25, -0.2) is 0 Å². The lowest BCUT2D eigenvalue weighted by molar-refractivity contribution is -0.140. The summed E-state index contributed by atoms with van der Waals surface area (Å²) in [6.45, 7) is 0. The van der Waals surface area contributed by atoms with Crippen molar-refractivity contribution in [3.63, 3.8) is 0 Å². The fourth-order valence-corrected chi connectivity index (χ4v) is 4.42. The number of benzene rings is 1. The highest BCUT2D eigenvalue weighted by atomic mass is 32.2. The summed E-state index contributed by atoms with van der Waals surface area (Å²) in [4.78, 5) is 23.6. The zero-order valence-electron chi connectivity index (χ0n) is 11.7. The predicted molar refractivity (Wildman–Crippen MR) is 82.4 cm³/mol. The van der Waals surface area contributed by atoms with Crippen molar-refractivity contribution in [1.29, 1.82) is 0 Å². The number of fused-ring (bicyclic) bond motifs is 1. The molecule has 21 heavy (non-hydrogen) atoms. The molecule has 1 fully saturated rings. The Morgan fingerprint density at radius 1 is 1.29 bits per heavy atom. The molecular formula is C16H19NO3S. The monoisotopic (exact) mass is 305 g/mol. The summed E-state index contributed by atoms with van der Waals surface area (Å²) >= 11 is 1.42. The second kappa shape index (κ2) is 6.20. The summed E-state index contributed by atoms with van der Waals surface area (Å²) in [7, 11) is 0. The van der Waals surface area contributed by atoms with E-state index in [0.717, 1.165) is 19.3 Å². The Labute approximate surface area is 128 Å². The molecule has 0 aromatic heterocycles. The molecule has 2 aliphatic rings. The molecule has 0 bridgehead atoms. The van der Waals surface area contributed by atoms with E-state index in [2.05, 4.69) is 23.5 Å². The van der Waals surface area contributed by atoms with Crippen molar-refractivity contribution in [2.45, 2.75) is 37.0 Å². The van der Waals surface area contributed by atoms with Crippen LogP contribution >= 0.6 is 11.8 Å². The first-order valence-corrected chi connectivity index (χ1v) is 8.37. The number of Topliss-reactive ketones (excluding diaryl/α,β-unsaturated/α-hetero) is 1. The molecule has 4 nitrogen and oxygen atoms in total. The Balaban J connectivity index is 1.62. The molecule has 0 amide bonds. The molecular weight excluding hydrogens is 286 g/mol. The standard InChI is InChI=1S/C16H19NO3S/c18-13(15-14(16(19)20)17-9-21-15)8-10-5-6-11-3-1-2-4-12(11)7-10/h1-4,10,14-15,17H,5-9H2,(H,19,20)/t10?,14-,15?/m0/s1. The average Bonchev–Trinajstić information content (AvgIpc) is 2.97. The molecule has 3 rings (SSSR count). The van der Waals surface area contributed by atoms with Crippen LogP contribution in [-0.4, -0.2) is 34.0 Å². The van der Waals surface area contributed by atoms with Crippen molar-refractivity contribution in [3.8, 4) is 0 Å². The number of carbonyl (C=O) groups excluding carboxylic acids is 1. The van der Waals surface area contributed by atoms with E-state index in [4.69, 9.17) is 5.11 Å². The summed E-state index contributed by atoms with van der Waals surface area (Å²) in [5.74, 6) is 0.0538. The van der Waals surface area contributed by atoms with E-state index in [-0.39, 0.29) is 5.78 Å². The van der Waals surface area contributed by atoms with Crippen LogP contribution in [0.5, 0.6) is 0 Å². The summed E-state index contributed by atoms with van der Waals surface area (Å²) in [6, 6.07) is 7.67. The van der Waals surface area contributed by atoms with E-state index >= 15 is 0 Å². The van der Waals surface area contributed by atoms with Gasteiger partial charge in [-0.1, -0.05) is 24.3 Å². The minimum Gasteiger partial charge on any atom is -0.480 e. The van der Waals surface area contributed by atoms with E-state index in [0.29, 0.717) is 18.2 Å². The number of aliphatic carboxylic acids is 1. The number of aryl methyl sites for hydroxylation is 1. The van der Waals surface area contributed by atoms with E-state index in [1.165, 1.54) is 22.9 Å². The summed E-state index contributed by atoms with van der Waals surface area (Å²) in [5.41, 5.74) is 2.73. The third-order valence-corrected chi connectivity index (χ3v) is 5.62. The van der Waals surface area contributed by atoms with E-state index < -0.39 is 17.3 Å². The number of nitrogens with one attached hydrogen (secondary N) is 1. The Morgan fingerprint density at radius 2 is 2.05 bits per heavy atom. The van der Waals surface area contributed by atoms with Gasteiger partial charge in [-0.2, -0.15) is 0 Å². The molecule has 2 unspecified atom stereocenters. The van der Waals surface area contributed by atoms with Gasteiger partial charge >= 0.3 is 5.97 Å². The van der Waals surface area contributed by atoms with Gasteiger partial charge in [0.25, 0.3) is 0 Å². The zero-order chi connectivity index (χ0) is 14.8. The number of rotatable bonds is 4. The van der Waals surface area contributed by atoms with E-state index in [1.54, 1.807) is 0 Å². The number of carbonyl (C=O) groups is 2. The van der Waals surface area contributed by atoms with Crippen molar-refractivity contribution >= 4 is 23.5 Å². The molecule has 1 heterocycles. The van der Waals surface area contributed by atoms with Crippen molar-refractivity contribution in [3.05, 3.63) is 35.4 Å². The smallest absolute Gasteiger partial charge is 0.322 e. The fraction of sp³-hybridized carbons (Fsp3) is 0.500. The molecule has 1 saturated heterocycles.